The zero-order valence-electron chi connectivity index (χ0n) is 6.01. The number of benzene rings is 1. The van der Waals surface area contributed by atoms with Gasteiger partial charge in [0.25, 0.3) is 0 Å². The van der Waals surface area contributed by atoms with Crippen LogP contribution < -0.4 is 0 Å². The molecule has 2 nitrogen and oxygen atoms in total. The van der Waals surface area contributed by atoms with Gasteiger partial charge in [-0.15, -0.1) is 0 Å². The lowest BCUT2D eigenvalue weighted by molar-refractivity contribution is 0.419. The highest BCUT2D eigenvalue weighted by Crippen LogP contribution is 2.23. The number of hydrogen-bond donors (Lipinski definition) is 1. The normalized spacial score (nSPS) is 9.42. The highest BCUT2D eigenvalue weighted by atomic mass is 19.1. The maximum Gasteiger partial charge on any atom is 0.165 e. The van der Waals surface area contributed by atoms with Gasteiger partial charge >= 0.3 is 0 Å². The molecule has 0 spiro atoms. The Morgan fingerprint density at radius 1 is 1.33 bits per heavy atom. The summed E-state index contributed by atoms with van der Waals surface area (Å²) < 4.78 is 25.3. The van der Waals surface area contributed by atoms with Crippen LogP contribution in [0.4, 0.5) is 8.78 Å². The van der Waals surface area contributed by atoms with E-state index in [4.69, 9.17) is 10.4 Å². The Balaban J connectivity index is 3.25. The van der Waals surface area contributed by atoms with Crippen LogP contribution in [0.3, 0.4) is 0 Å². The average molecular weight is 169 g/mol. The fourth-order valence-electron chi connectivity index (χ4n) is 0.830. The number of aromatic hydroxyl groups is 1. The topological polar surface area (TPSA) is 44.0 Å². The van der Waals surface area contributed by atoms with E-state index >= 15 is 0 Å². The highest BCUT2D eigenvalue weighted by molar-refractivity contribution is 5.36. The van der Waals surface area contributed by atoms with Crippen molar-refractivity contribution in [3.05, 3.63) is 29.3 Å². The van der Waals surface area contributed by atoms with Gasteiger partial charge in [-0.25, -0.2) is 8.78 Å². The number of rotatable bonds is 1. The number of nitrogens with zero attached hydrogens (tertiary/aromatic N) is 1. The molecule has 0 saturated carbocycles. The van der Waals surface area contributed by atoms with Crippen LogP contribution in [0.25, 0.3) is 0 Å². The van der Waals surface area contributed by atoms with Crippen LogP contribution in [-0.4, -0.2) is 5.11 Å². The van der Waals surface area contributed by atoms with E-state index in [1.807, 2.05) is 0 Å². The molecule has 0 radical (unpaired) electrons. The van der Waals surface area contributed by atoms with E-state index in [9.17, 15) is 8.78 Å². The van der Waals surface area contributed by atoms with Crippen molar-refractivity contribution in [2.24, 2.45) is 0 Å². The molecular weight excluding hydrogens is 164 g/mol. The maximum atomic E-state index is 12.7. The van der Waals surface area contributed by atoms with E-state index < -0.39 is 17.4 Å². The van der Waals surface area contributed by atoms with Crippen molar-refractivity contribution in [3.63, 3.8) is 0 Å². The summed E-state index contributed by atoms with van der Waals surface area (Å²) in [6.07, 6.45) is -0.338. The Morgan fingerprint density at radius 2 is 1.92 bits per heavy atom. The summed E-state index contributed by atoms with van der Waals surface area (Å²) in [5, 5.41) is 17.2. The molecule has 4 heteroatoms. The first-order valence-electron chi connectivity index (χ1n) is 3.19. The maximum absolute atomic E-state index is 12.7. The molecular formula is C8H5F2NO. The van der Waals surface area contributed by atoms with E-state index in [-0.39, 0.29) is 12.0 Å². The monoisotopic (exact) mass is 169 g/mol. The molecule has 0 fully saturated rings. The van der Waals surface area contributed by atoms with Crippen molar-refractivity contribution in [1.29, 1.82) is 5.26 Å². The molecule has 1 N–H and O–H groups in total. The van der Waals surface area contributed by atoms with E-state index in [1.165, 1.54) is 0 Å². The molecule has 1 aromatic carbocycles. The van der Waals surface area contributed by atoms with Crippen LogP contribution in [0.15, 0.2) is 12.1 Å². The highest BCUT2D eigenvalue weighted by Gasteiger charge is 2.11. The molecule has 0 amide bonds. The van der Waals surface area contributed by atoms with Gasteiger partial charge in [0.2, 0.25) is 0 Å². The number of nitriles is 1. The zero-order valence-corrected chi connectivity index (χ0v) is 6.01. The number of halogens is 2. The Labute approximate surface area is 67.7 Å². The first-order valence-corrected chi connectivity index (χ1v) is 3.19. The molecule has 0 aromatic heterocycles. The molecule has 0 atom stereocenters. The van der Waals surface area contributed by atoms with Gasteiger partial charge in [0.1, 0.15) is 5.82 Å². The second kappa shape index (κ2) is 3.18. The third-order valence-corrected chi connectivity index (χ3v) is 1.43. The minimum Gasteiger partial charge on any atom is -0.505 e. The molecule has 1 aromatic rings. The number of phenols is 1. The fraction of sp³-hybridized carbons (Fsp3) is 0.125. The fourth-order valence-corrected chi connectivity index (χ4v) is 0.830. The SMILES string of the molecule is N#CCc1c(F)ccc(F)c1O. The minimum absolute atomic E-state index is 0.294. The standard InChI is InChI=1S/C8H5F2NO/c9-6-1-2-7(10)8(12)5(6)3-4-11/h1-2,12H,3H2. The molecule has 12 heavy (non-hydrogen) atoms. The van der Waals surface area contributed by atoms with Gasteiger partial charge in [0.05, 0.1) is 12.5 Å². The van der Waals surface area contributed by atoms with Crippen molar-refractivity contribution in [2.45, 2.75) is 6.42 Å². The first-order chi connectivity index (χ1) is 5.66. The van der Waals surface area contributed by atoms with Gasteiger partial charge in [-0.3, -0.25) is 0 Å². The third kappa shape index (κ3) is 1.35. The van der Waals surface area contributed by atoms with Crippen molar-refractivity contribution < 1.29 is 13.9 Å². The Morgan fingerprint density at radius 3 is 2.50 bits per heavy atom. The van der Waals surface area contributed by atoms with Gasteiger partial charge in [-0.1, -0.05) is 0 Å². The smallest absolute Gasteiger partial charge is 0.165 e. The summed E-state index contributed by atoms with van der Waals surface area (Å²) in [5.41, 5.74) is -0.294. The van der Waals surface area contributed by atoms with E-state index in [0.717, 1.165) is 12.1 Å². The lowest BCUT2D eigenvalue weighted by Crippen LogP contribution is -1.91. The van der Waals surface area contributed by atoms with Crippen molar-refractivity contribution in [1.82, 2.24) is 0 Å². The van der Waals surface area contributed by atoms with Gasteiger partial charge < -0.3 is 5.11 Å². The second-order valence-corrected chi connectivity index (χ2v) is 2.19. The average Bonchev–Trinajstić information content (AvgIpc) is 2.06. The molecule has 0 bridgehead atoms. The summed E-state index contributed by atoms with van der Waals surface area (Å²) in [7, 11) is 0. The predicted molar refractivity (Wildman–Crippen MR) is 37.3 cm³/mol. The summed E-state index contributed by atoms with van der Waals surface area (Å²) in [4.78, 5) is 0. The molecule has 0 unspecified atom stereocenters. The van der Waals surface area contributed by atoms with Crippen LogP contribution in [0.5, 0.6) is 5.75 Å². The largest absolute Gasteiger partial charge is 0.505 e. The van der Waals surface area contributed by atoms with Crippen LogP contribution >= 0.6 is 0 Å². The van der Waals surface area contributed by atoms with Crippen LogP contribution in [0.1, 0.15) is 5.56 Å². The summed E-state index contributed by atoms with van der Waals surface area (Å²) in [5.74, 6) is -2.46. The molecule has 62 valence electrons. The van der Waals surface area contributed by atoms with E-state index in [0.29, 0.717) is 0 Å². The summed E-state index contributed by atoms with van der Waals surface area (Å²) in [6.45, 7) is 0. The Hall–Kier alpha value is -1.63. The van der Waals surface area contributed by atoms with Gasteiger partial charge in [0, 0.05) is 5.56 Å². The Kier molecular flexibility index (Phi) is 2.24. The van der Waals surface area contributed by atoms with Crippen molar-refractivity contribution in [3.8, 4) is 11.8 Å². The molecule has 0 aliphatic carbocycles. The lowest BCUT2D eigenvalue weighted by Gasteiger charge is -2.01. The number of phenolic OH excluding ortho intramolecular Hbond substituents is 1. The van der Waals surface area contributed by atoms with E-state index in [1.54, 1.807) is 6.07 Å². The first kappa shape index (κ1) is 8.47. The molecule has 1 rings (SSSR count). The second-order valence-electron chi connectivity index (χ2n) is 2.19. The number of hydrogen-bond acceptors (Lipinski definition) is 2. The van der Waals surface area contributed by atoms with Crippen LogP contribution in [-0.2, 0) is 6.42 Å². The van der Waals surface area contributed by atoms with Crippen LogP contribution in [0, 0.1) is 23.0 Å². The molecule has 0 heterocycles. The van der Waals surface area contributed by atoms with E-state index in [2.05, 4.69) is 0 Å². The lowest BCUT2D eigenvalue weighted by atomic mass is 10.1. The minimum atomic E-state index is -0.915. The van der Waals surface area contributed by atoms with Gasteiger partial charge in [-0.05, 0) is 12.1 Å². The molecule has 0 aliphatic rings. The predicted octanol–water partition coefficient (Wildman–Crippen LogP) is 1.74. The summed E-state index contributed by atoms with van der Waals surface area (Å²) >= 11 is 0. The molecule has 0 aliphatic heterocycles. The quantitative estimate of drug-likeness (QED) is 0.695. The zero-order chi connectivity index (χ0) is 9.14. The van der Waals surface area contributed by atoms with Gasteiger partial charge in [0.15, 0.2) is 11.6 Å². The van der Waals surface area contributed by atoms with Crippen LogP contribution in [0.2, 0.25) is 0 Å². The van der Waals surface area contributed by atoms with Crippen molar-refractivity contribution >= 4 is 0 Å². The third-order valence-electron chi connectivity index (χ3n) is 1.43. The van der Waals surface area contributed by atoms with Gasteiger partial charge in [-0.2, -0.15) is 5.26 Å². The molecule has 0 saturated heterocycles. The Bertz CT molecular complexity index is 344. The summed E-state index contributed by atoms with van der Waals surface area (Å²) in [6, 6.07) is 3.31. The van der Waals surface area contributed by atoms with Crippen molar-refractivity contribution in [2.75, 3.05) is 0 Å².